The second-order valence-electron chi connectivity index (χ2n) is 9.03. The lowest BCUT2D eigenvalue weighted by Gasteiger charge is -2.36. The number of hydrogen-bond donors (Lipinski definition) is 1. The van der Waals surface area contributed by atoms with E-state index in [1.165, 1.54) is 0 Å². The summed E-state index contributed by atoms with van der Waals surface area (Å²) in [6, 6.07) is 25.1. The normalized spacial score (nSPS) is 19.1. The van der Waals surface area contributed by atoms with Crippen LogP contribution in [0.25, 0.3) is 0 Å². The quantitative estimate of drug-likeness (QED) is 0.487. The Morgan fingerprint density at radius 1 is 0.943 bits per heavy atom. The molecule has 5 nitrogen and oxygen atoms in total. The Kier molecular flexibility index (Phi) is 6.41. The van der Waals surface area contributed by atoms with Gasteiger partial charge in [0.1, 0.15) is 5.78 Å². The molecule has 1 aliphatic heterocycles. The van der Waals surface area contributed by atoms with Crippen molar-refractivity contribution in [1.82, 2.24) is 0 Å². The first-order valence-electron chi connectivity index (χ1n) is 12.4. The molecule has 5 heteroatoms. The molecular formula is C30H31N3O2. The molecule has 0 saturated heterocycles. The van der Waals surface area contributed by atoms with Crippen LogP contribution in [0.5, 0.6) is 0 Å². The van der Waals surface area contributed by atoms with Gasteiger partial charge < -0.3 is 10.2 Å². The van der Waals surface area contributed by atoms with E-state index in [0.717, 1.165) is 41.4 Å². The predicted molar refractivity (Wildman–Crippen MR) is 142 cm³/mol. The van der Waals surface area contributed by atoms with Gasteiger partial charge in [-0.05, 0) is 62.2 Å². The lowest BCUT2D eigenvalue weighted by atomic mass is 9.81. The number of carbonyl (C=O) groups is 2. The summed E-state index contributed by atoms with van der Waals surface area (Å²) in [6.45, 7) is 6.12. The molecule has 0 radical (unpaired) electrons. The number of para-hydroxylation sites is 2. The highest BCUT2D eigenvalue weighted by molar-refractivity contribution is 6.09. The zero-order valence-corrected chi connectivity index (χ0v) is 20.3. The number of ketones is 1. The van der Waals surface area contributed by atoms with Crippen LogP contribution in [0.15, 0.2) is 90.6 Å². The molecule has 0 fully saturated rings. The van der Waals surface area contributed by atoms with Gasteiger partial charge in [-0.25, -0.2) is 0 Å². The number of nitrogens with zero attached hydrogens (tertiary/aromatic N) is 2. The summed E-state index contributed by atoms with van der Waals surface area (Å²) < 4.78 is 0. The molecule has 3 aromatic rings. The molecule has 1 amide bonds. The molecule has 3 aromatic carbocycles. The van der Waals surface area contributed by atoms with Crippen LogP contribution in [-0.4, -0.2) is 24.8 Å². The Morgan fingerprint density at radius 3 is 2.34 bits per heavy atom. The van der Waals surface area contributed by atoms with E-state index in [1.807, 2.05) is 59.5 Å². The minimum atomic E-state index is -0.455. The average molecular weight is 466 g/mol. The van der Waals surface area contributed by atoms with E-state index >= 15 is 0 Å². The summed E-state index contributed by atoms with van der Waals surface area (Å²) >= 11 is 0. The fourth-order valence-electron chi connectivity index (χ4n) is 5.31. The number of nitrogens with one attached hydrogen (secondary N) is 1. The molecule has 2 aliphatic rings. The van der Waals surface area contributed by atoms with Gasteiger partial charge >= 0.3 is 0 Å². The Labute approximate surface area is 207 Å². The minimum Gasteiger partial charge on any atom is -0.372 e. The fourth-order valence-corrected chi connectivity index (χ4v) is 5.31. The van der Waals surface area contributed by atoms with Gasteiger partial charge in [-0.15, -0.1) is 0 Å². The lowest BCUT2D eigenvalue weighted by molar-refractivity contribution is -0.122. The number of carbonyl (C=O) groups excluding carboxylic acids is 2. The second-order valence-corrected chi connectivity index (χ2v) is 9.03. The topological polar surface area (TPSA) is 52.7 Å². The SMILES string of the molecule is CCN(CC)c1ccc([C@H]2[C@H]3C(=O)CCC=C3Nc3ccccc3N2C(=O)c2ccccc2)cc1. The summed E-state index contributed by atoms with van der Waals surface area (Å²) in [6.07, 6.45) is 3.31. The highest BCUT2D eigenvalue weighted by Gasteiger charge is 2.43. The van der Waals surface area contributed by atoms with Crippen molar-refractivity contribution in [2.75, 3.05) is 28.2 Å². The van der Waals surface area contributed by atoms with Gasteiger partial charge in [-0.1, -0.05) is 48.5 Å². The summed E-state index contributed by atoms with van der Waals surface area (Å²) in [4.78, 5) is 31.7. The molecular weight excluding hydrogens is 434 g/mol. The molecule has 5 rings (SSSR count). The largest absolute Gasteiger partial charge is 0.372 e. The molecule has 1 N–H and O–H groups in total. The number of hydrogen-bond acceptors (Lipinski definition) is 4. The maximum Gasteiger partial charge on any atom is 0.258 e. The highest BCUT2D eigenvalue weighted by Crippen LogP contribution is 2.46. The Hall–Kier alpha value is -3.86. The van der Waals surface area contributed by atoms with Crippen molar-refractivity contribution in [2.24, 2.45) is 5.92 Å². The van der Waals surface area contributed by atoms with E-state index < -0.39 is 12.0 Å². The second kappa shape index (κ2) is 9.79. The van der Waals surface area contributed by atoms with Crippen molar-refractivity contribution in [3.63, 3.8) is 0 Å². The third-order valence-corrected chi connectivity index (χ3v) is 7.08. The van der Waals surface area contributed by atoms with E-state index in [0.29, 0.717) is 18.4 Å². The van der Waals surface area contributed by atoms with Gasteiger partial charge in [-0.3, -0.25) is 14.5 Å². The minimum absolute atomic E-state index is 0.114. The van der Waals surface area contributed by atoms with Crippen LogP contribution >= 0.6 is 0 Å². The van der Waals surface area contributed by atoms with Crippen molar-refractivity contribution in [1.29, 1.82) is 0 Å². The predicted octanol–water partition coefficient (Wildman–Crippen LogP) is 6.21. The van der Waals surface area contributed by atoms with Crippen LogP contribution in [0.3, 0.4) is 0 Å². The van der Waals surface area contributed by atoms with Crippen LogP contribution < -0.4 is 15.1 Å². The van der Waals surface area contributed by atoms with Gasteiger partial charge in [0.2, 0.25) is 0 Å². The van der Waals surface area contributed by atoms with Crippen LogP contribution in [0, 0.1) is 5.92 Å². The van der Waals surface area contributed by atoms with Crippen LogP contribution in [0.4, 0.5) is 17.1 Å². The van der Waals surface area contributed by atoms with Crippen LogP contribution in [0.1, 0.15) is 48.7 Å². The molecule has 2 atom stereocenters. The Bertz CT molecular complexity index is 1250. The molecule has 1 aliphatic carbocycles. The molecule has 1 heterocycles. The zero-order valence-electron chi connectivity index (χ0n) is 20.3. The van der Waals surface area contributed by atoms with Crippen molar-refractivity contribution < 1.29 is 9.59 Å². The van der Waals surface area contributed by atoms with Crippen LogP contribution in [0.2, 0.25) is 0 Å². The molecule has 35 heavy (non-hydrogen) atoms. The monoisotopic (exact) mass is 465 g/mol. The molecule has 178 valence electrons. The molecule has 0 unspecified atom stereocenters. The first kappa shape index (κ1) is 22.9. The number of allylic oxidation sites excluding steroid dienone is 1. The molecule has 0 bridgehead atoms. The fraction of sp³-hybridized carbons (Fsp3) is 0.267. The van der Waals surface area contributed by atoms with Crippen molar-refractivity contribution >= 4 is 28.8 Å². The average Bonchev–Trinajstić information content (AvgIpc) is 3.05. The van der Waals surface area contributed by atoms with Gasteiger partial charge in [0.25, 0.3) is 5.91 Å². The van der Waals surface area contributed by atoms with Gasteiger partial charge in [0, 0.05) is 36.5 Å². The summed E-state index contributed by atoms with van der Waals surface area (Å²) in [5.41, 5.74) is 5.19. The zero-order chi connectivity index (χ0) is 24.4. The van der Waals surface area contributed by atoms with E-state index in [-0.39, 0.29) is 11.7 Å². The first-order chi connectivity index (χ1) is 17.1. The van der Waals surface area contributed by atoms with E-state index in [9.17, 15) is 9.59 Å². The van der Waals surface area contributed by atoms with E-state index in [4.69, 9.17) is 0 Å². The number of amides is 1. The standard InChI is InChI=1S/C30H31N3O2/c1-3-32(4-2)23-19-17-21(18-20-23)29-28-25(14-10-16-27(28)34)31-24-13-8-9-15-26(24)33(29)30(35)22-11-6-5-7-12-22/h5-9,11-15,17-20,28-29,31H,3-4,10,16H2,1-2H3/t28-,29+/m1/s1. The number of Topliss-reactive ketones (excluding diaryl/α,β-unsaturated/α-hetero) is 1. The van der Waals surface area contributed by atoms with Gasteiger partial charge in [-0.2, -0.15) is 0 Å². The molecule has 0 aromatic heterocycles. The maximum absolute atomic E-state index is 14.1. The highest BCUT2D eigenvalue weighted by atomic mass is 16.2. The number of fused-ring (bicyclic) bond motifs is 2. The van der Waals surface area contributed by atoms with Gasteiger partial charge in [0.05, 0.1) is 23.3 Å². The van der Waals surface area contributed by atoms with Crippen molar-refractivity contribution in [3.8, 4) is 0 Å². The van der Waals surface area contributed by atoms with Crippen molar-refractivity contribution in [3.05, 3.63) is 102 Å². The van der Waals surface area contributed by atoms with Gasteiger partial charge in [0.15, 0.2) is 0 Å². The number of anilines is 3. The molecule has 0 spiro atoms. The number of rotatable bonds is 5. The summed E-state index contributed by atoms with van der Waals surface area (Å²) in [7, 11) is 0. The maximum atomic E-state index is 14.1. The first-order valence-corrected chi connectivity index (χ1v) is 12.4. The molecule has 0 saturated carbocycles. The van der Waals surface area contributed by atoms with Crippen molar-refractivity contribution in [2.45, 2.75) is 32.7 Å². The third-order valence-electron chi connectivity index (χ3n) is 7.08. The lowest BCUT2D eigenvalue weighted by Crippen LogP contribution is -2.42. The summed E-state index contributed by atoms with van der Waals surface area (Å²) in [5.74, 6) is -0.410. The Balaban J connectivity index is 1.70. The Morgan fingerprint density at radius 2 is 1.63 bits per heavy atom. The van der Waals surface area contributed by atoms with Crippen LogP contribution in [-0.2, 0) is 4.79 Å². The number of benzene rings is 3. The summed E-state index contributed by atoms with van der Waals surface area (Å²) in [5, 5.41) is 3.51. The van der Waals surface area contributed by atoms with E-state index in [1.54, 1.807) is 0 Å². The third kappa shape index (κ3) is 4.23. The van der Waals surface area contributed by atoms with E-state index in [2.05, 4.69) is 54.4 Å². The smallest absolute Gasteiger partial charge is 0.258 e.